The summed E-state index contributed by atoms with van der Waals surface area (Å²) in [5.74, 6) is 0.105. The SMILES string of the molecule is Cc1ccc(-c2csc3ncn(CC(=O)c4ccc5c(c4)N(C)C(=O)CO5)c(=O)c23)cc1. The van der Waals surface area contributed by atoms with Crippen molar-refractivity contribution in [2.45, 2.75) is 13.5 Å². The number of ether oxygens (including phenoxy) is 1. The second kappa shape index (κ2) is 7.72. The van der Waals surface area contributed by atoms with Gasteiger partial charge >= 0.3 is 0 Å². The molecule has 8 heteroatoms. The van der Waals surface area contributed by atoms with Crippen LogP contribution in [0.5, 0.6) is 5.75 Å². The number of anilines is 1. The average molecular weight is 446 g/mol. The Labute approximate surface area is 187 Å². The number of carbonyl (C=O) groups is 2. The first-order chi connectivity index (χ1) is 15.4. The summed E-state index contributed by atoms with van der Waals surface area (Å²) in [6.45, 7) is 1.83. The number of fused-ring (bicyclic) bond motifs is 2. The van der Waals surface area contributed by atoms with Gasteiger partial charge in [-0.05, 0) is 30.7 Å². The van der Waals surface area contributed by atoms with Crippen molar-refractivity contribution in [3.8, 4) is 16.9 Å². The molecule has 0 fully saturated rings. The van der Waals surface area contributed by atoms with Crippen molar-refractivity contribution in [3.05, 3.63) is 75.7 Å². The van der Waals surface area contributed by atoms with E-state index < -0.39 is 0 Å². The Kier molecular flexibility index (Phi) is 4.86. The fourth-order valence-electron chi connectivity index (χ4n) is 3.72. The van der Waals surface area contributed by atoms with E-state index in [4.69, 9.17) is 4.74 Å². The standard InChI is InChI=1S/C24H19N3O4S/c1-14-3-5-15(6-4-14)17-12-32-23-22(17)24(30)27(13-25-23)10-19(28)16-7-8-20-18(9-16)26(2)21(29)11-31-20/h3-9,12-13H,10-11H2,1-2H3. The number of hydrogen-bond donors (Lipinski definition) is 0. The molecule has 0 N–H and O–H groups in total. The number of hydrogen-bond acceptors (Lipinski definition) is 6. The molecule has 0 saturated carbocycles. The quantitative estimate of drug-likeness (QED) is 0.448. The third kappa shape index (κ3) is 3.38. The van der Waals surface area contributed by atoms with E-state index >= 15 is 0 Å². The zero-order valence-electron chi connectivity index (χ0n) is 17.5. The predicted molar refractivity (Wildman–Crippen MR) is 124 cm³/mol. The second-order valence-electron chi connectivity index (χ2n) is 7.72. The van der Waals surface area contributed by atoms with E-state index in [1.165, 1.54) is 27.1 Å². The van der Waals surface area contributed by atoms with Crippen molar-refractivity contribution in [2.24, 2.45) is 0 Å². The van der Waals surface area contributed by atoms with Crippen LogP contribution in [-0.4, -0.2) is 34.9 Å². The first-order valence-electron chi connectivity index (χ1n) is 10.0. The Bertz CT molecular complexity index is 1440. The lowest BCUT2D eigenvalue weighted by molar-refractivity contribution is -0.120. The van der Waals surface area contributed by atoms with Gasteiger partial charge in [0.1, 0.15) is 10.6 Å². The summed E-state index contributed by atoms with van der Waals surface area (Å²) in [5, 5.41) is 2.44. The fraction of sp³-hybridized carbons (Fsp3) is 0.167. The average Bonchev–Trinajstić information content (AvgIpc) is 3.23. The maximum absolute atomic E-state index is 13.2. The molecule has 7 nitrogen and oxygen atoms in total. The molecule has 5 rings (SSSR count). The number of ketones is 1. The molecule has 0 aliphatic carbocycles. The molecule has 160 valence electrons. The smallest absolute Gasteiger partial charge is 0.264 e. The zero-order chi connectivity index (χ0) is 22.4. The highest BCUT2D eigenvalue weighted by Crippen LogP contribution is 2.33. The largest absolute Gasteiger partial charge is 0.482 e. The number of carbonyl (C=O) groups excluding carboxylic acids is 2. The van der Waals surface area contributed by atoms with Gasteiger partial charge in [0.15, 0.2) is 12.4 Å². The lowest BCUT2D eigenvalue weighted by Gasteiger charge is -2.26. The van der Waals surface area contributed by atoms with Crippen LogP contribution in [0.4, 0.5) is 5.69 Å². The van der Waals surface area contributed by atoms with E-state index in [2.05, 4.69) is 4.98 Å². The van der Waals surface area contributed by atoms with E-state index in [9.17, 15) is 14.4 Å². The lowest BCUT2D eigenvalue weighted by Crippen LogP contribution is -2.35. The number of benzene rings is 2. The van der Waals surface area contributed by atoms with Crippen LogP contribution in [0.15, 0.2) is 59.0 Å². The van der Waals surface area contributed by atoms with Gasteiger partial charge in [0.05, 0.1) is 23.9 Å². The highest BCUT2D eigenvalue weighted by molar-refractivity contribution is 7.17. The van der Waals surface area contributed by atoms with Crippen molar-refractivity contribution in [3.63, 3.8) is 0 Å². The van der Waals surface area contributed by atoms with Gasteiger partial charge in [-0.2, -0.15) is 0 Å². The molecule has 1 aliphatic rings. The topological polar surface area (TPSA) is 81.5 Å². The molecule has 0 atom stereocenters. The van der Waals surface area contributed by atoms with Gasteiger partial charge in [-0.3, -0.25) is 19.0 Å². The van der Waals surface area contributed by atoms with Crippen LogP contribution in [-0.2, 0) is 11.3 Å². The van der Waals surface area contributed by atoms with Gasteiger partial charge in [0, 0.05) is 23.6 Å². The summed E-state index contributed by atoms with van der Waals surface area (Å²) in [4.78, 5) is 44.6. The van der Waals surface area contributed by atoms with Crippen molar-refractivity contribution < 1.29 is 14.3 Å². The molecule has 4 aromatic rings. The summed E-state index contributed by atoms with van der Waals surface area (Å²) in [6.07, 6.45) is 1.41. The number of amides is 1. The number of Topliss-reactive ketones (excluding diaryl/α,β-unsaturated/α-hetero) is 1. The number of rotatable bonds is 4. The molecule has 2 aromatic heterocycles. The van der Waals surface area contributed by atoms with E-state index in [1.807, 2.05) is 36.6 Å². The number of aryl methyl sites for hydroxylation is 1. The first-order valence-corrected chi connectivity index (χ1v) is 10.9. The summed E-state index contributed by atoms with van der Waals surface area (Å²) >= 11 is 1.41. The maximum Gasteiger partial charge on any atom is 0.264 e. The fourth-order valence-corrected chi connectivity index (χ4v) is 4.62. The number of likely N-dealkylation sites (N-methyl/N-ethyl adjacent to an activating group) is 1. The van der Waals surface area contributed by atoms with E-state index in [1.54, 1.807) is 25.2 Å². The van der Waals surface area contributed by atoms with Gasteiger partial charge in [-0.25, -0.2) is 4.98 Å². The number of nitrogens with zero attached hydrogens (tertiary/aromatic N) is 3. The molecule has 1 amide bonds. The number of aromatic nitrogens is 2. The molecular weight excluding hydrogens is 426 g/mol. The molecule has 0 saturated heterocycles. The minimum absolute atomic E-state index is 0.0260. The van der Waals surface area contributed by atoms with Crippen LogP contribution in [0.1, 0.15) is 15.9 Å². The maximum atomic E-state index is 13.2. The van der Waals surface area contributed by atoms with Gasteiger partial charge < -0.3 is 9.64 Å². The van der Waals surface area contributed by atoms with E-state index in [0.29, 0.717) is 27.2 Å². The Balaban J connectivity index is 1.50. The van der Waals surface area contributed by atoms with Gasteiger partial charge in [0.2, 0.25) is 0 Å². The summed E-state index contributed by atoms with van der Waals surface area (Å²) in [6, 6.07) is 12.9. The molecule has 0 spiro atoms. The first kappa shape index (κ1) is 20.1. The Morgan fingerprint density at radius 2 is 1.94 bits per heavy atom. The van der Waals surface area contributed by atoms with Crippen LogP contribution in [0.3, 0.4) is 0 Å². The molecular formula is C24H19N3O4S. The molecule has 32 heavy (non-hydrogen) atoms. The van der Waals surface area contributed by atoms with E-state index in [0.717, 1.165) is 16.7 Å². The van der Waals surface area contributed by atoms with Crippen LogP contribution in [0, 0.1) is 6.92 Å². The molecule has 3 heterocycles. The molecule has 1 aliphatic heterocycles. The van der Waals surface area contributed by atoms with Gasteiger partial charge in [0.25, 0.3) is 11.5 Å². The summed E-state index contributed by atoms with van der Waals surface area (Å²) < 4.78 is 6.75. The highest BCUT2D eigenvalue weighted by Gasteiger charge is 2.24. The Morgan fingerprint density at radius 3 is 2.72 bits per heavy atom. The van der Waals surface area contributed by atoms with Gasteiger partial charge in [-0.1, -0.05) is 29.8 Å². The van der Waals surface area contributed by atoms with Crippen LogP contribution >= 0.6 is 11.3 Å². The molecule has 0 radical (unpaired) electrons. The van der Waals surface area contributed by atoms with Crippen LogP contribution < -0.4 is 15.2 Å². The third-order valence-corrected chi connectivity index (χ3v) is 6.49. The minimum atomic E-state index is -0.256. The van der Waals surface area contributed by atoms with Crippen molar-refractivity contribution >= 4 is 38.9 Å². The predicted octanol–water partition coefficient (Wildman–Crippen LogP) is 3.67. The zero-order valence-corrected chi connectivity index (χ0v) is 18.3. The molecule has 0 unspecified atom stereocenters. The lowest BCUT2D eigenvalue weighted by atomic mass is 10.0. The van der Waals surface area contributed by atoms with Gasteiger partial charge in [-0.15, -0.1) is 11.3 Å². The van der Waals surface area contributed by atoms with Crippen LogP contribution in [0.2, 0.25) is 0 Å². The van der Waals surface area contributed by atoms with Crippen molar-refractivity contribution in [1.29, 1.82) is 0 Å². The summed E-state index contributed by atoms with van der Waals surface area (Å²) in [7, 11) is 1.64. The third-order valence-electron chi connectivity index (χ3n) is 5.60. The monoisotopic (exact) mass is 445 g/mol. The minimum Gasteiger partial charge on any atom is -0.482 e. The normalized spacial score (nSPS) is 13.2. The Hall–Kier alpha value is -3.78. The molecule has 0 bridgehead atoms. The van der Waals surface area contributed by atoms with E-state index in [-0.39, 0.29) is 30.4 Å². The highest BCUT2D eigenvalue weighted by atomic mass is 32.1. The second-order valence-corrected chi connectivity index (χ2v) is 8.58. The van der Waals surface area contributed by atoms with Crippen LogP contribution in [0.25, 0.3) is 21.3 Å². The van der Waals surface area contributed by atoms with Crippen molar-refractivity contribution in [2.75, 3.05) is 18.6 Å². The number of thiophene rings is 1. The van der Waals surface area contributed by atoms with Crippen molar-refractivity contribution in [1.82, 2.24) is 9.55 Å². The summed E-state index contributed by atoms with van der Waals surface area (Å²) in [5.41, 5.74) is 3.56. The molecule has 2 aromatic carbocycles. The Morgan fingerprint density at radius 1 is 1.16 bits per heavy atom.